The summed E-state index contributed by atoms with van der Waals surface area (Å²) in [5.74, 6) is -4.79. The van der Waals surface area contributed by atoms with Gasteiger partial charge in [-0.1, -0.05) is 0 Å². The lowest BCUT2D eigenvalue weighted by molar-refractivity contribution is -0.193. The van der Waals surface area contributed by atoms with Crippen molar-refractivity contribution >= 4 is 17.8 Å². The Labute approximate surface area is 224 Å². The molecule has 1 aliphatic heterocycles. The minimum atomic E-state index is -5.08. The summed E-state index contributed by atoms with van der Waals surface area (Å²) in [5.41, 5.74) is 3.91. The van der Waals surface area contributed by atoms with E-state index in [4.69, 9.17) is 24.5 Å². The molecule has 1 aliphatic carbocycles. The molecule has 2 aromatic heterocycles. The number of carbonyl (C=O) groups is 3. The Morgan fingerprint density at radius 3 is 2.02 bits per heavy atom. The second-order valence-corrected chi connectivity index (χ2v) is 8.91. The first-order valence-electron chi connectivity index (χ1n) is 12.0. The normalized spacial score (nSPS) is 16.6. The molecule has 0 radical (unpaired) electrons. The van der Waals surface area contributed by atoms with Crippen LogP contribution in [-0.2, 0) is 27.3 Å². The average Bonchev–Trinajstić information content (AvgIpc) is 3.60. The number of alkyl halides is 6. The van der Waals surface area contributed by atoms with Gasteiger partial charge >= 0.3 is 24.3 Å². The SMILES string of the molecule is CCn1ncc2c1C(COCC1CC1)N(C(=O)c1ccc(C)nc1)CC2.O=C(O)C(F)(F)F.O=C(O)C(F)(F)F. The number of carbonyl (C=O) groups excluding carboxylic acids is 1. The lowest BCUT2D eigenvalue weighted by Gasteiger charge is -2.36. The van der Waals surface area contributed by atoms with Crippen LogP contribution in [0.4, 0.5) is 26.3 Å². The van der Waals surface area contributed by atoms with E-state index in [1.54, 1.807) is 6.20 Å². The van der Waals surface area contributed by atoms with Gasteiger partial charge in [0.2, 0.25) is 0 Å². The Kier molecular flexibility index (Phi) is 11.0. The van der Waals surface area contributed by atoms with Crippen molar-refractivity contribution in [2.24, 2.45) is 5.92 Å². The minimum Gasteiger partial charge on any atom is -0.475 e. The van der Waals surface area contributed by atoms with Gasteiger partial charge in [0.1, 0.15) is 0 Å². The highest BCUT2D eigenvalue weighted by Gasteiger charge is 2.39. The van der Waals surface area contributed by atoms with Gasteiger partial charge in [-0.25, -0.2) is 9.59 Å². The van der Waals surface area contributed by atoms with E-state index in [1.165, 1.54) is 18.4 Å². The van der Waals surface area contributed by atoms with E-state index in [-0.39, 0.29) is 11.9 Å². The number of carboxylic acids is 2. The highest BCUT2D eigenvalue weighted by molar-refractivity contribution is 5.94. The molecule has 0 spiro atoms. The van der Waals surface area contributed by atoms with Crippen molar-refractivity contribution in [1.29, 1.82) is 0 Å². The van der Waals surface area contributed by atoms with E-state index < -0.39 is 24.3 Å². The molecule has 2 aliphatic rings. The predicted octanol–water partition coefficient (Wildman–Crippen LogP) is 4.04. The number of amides is 1. The number of fused-ring (bicyclic) bond motifs is 1. The second-order valence-electron chi connectivity index (χ2n) is 8.91. The molecule has 40 heavy (non-hydrogen) atoms. The van der Waals surface area contributed by atoms with Crippen molar-refractivity contribution in [3.05, 3.63) is 47.0 Å². The van der Waals surface area contributed by atoms with Gasteiger partial charge in [0.05, 0.1) is 30.1 Å². The summed E-state index contributed by atoms with van der Waals surface area (Å²) in [4.78, 5) is 37.2. The quantitative estimate of drug-likeness (QED) is 0.488. The third-order valence-electron chi connectivity index (χ3n) is 5.80. The summed E-state index contributed by atoms with van der Waals surface area (Å²) in [6, 6.07) is 3.66. The van der Waals surface area contributed by atoms with Crippen molar-refractivity contribution in [3.63, 3.8) is 0 Å². The van der Waals surface area contributed by atoms with E-state index in [2.05, 4.69) is 17.0 Å². The smallest absolute Gasteiger partial charge is 0.475 e. The third kappa shape index (κ3) is 9.50. The van der Waals surface area contributed by atoms with Gasteiger partial charge in [-0.15, -0.1) is 0 Å². The van der Waals surface area contributed by atoms with Gasteiger partial charge in [0, 0.05) is 31.6 Å². The van der Waals surface area contributed by atoms with Crippen molar-refractivity contribution < 1.29 is 55.7 Å². The number of hydrogen-bond acceptors (Lipinski definition) is 6. The molecule has 2 N–H and O–H groups in total. The second kappa shape index (κ2) is 13.6. The zero-order valence-electron chi connectivity index (χ0n) is 21.5. The molecule has 1 atom stereocenters. The van der Waals surface area contributed by atoms with Crippen molar-refractivity contribution in [2.75, 3.05) is 19.8 Å². The number of aliphatic carboxylic acids is 2. The molecule has 0 aromatic carbocycles. The zero-order valence-corrected chi connectivity index (χ0v) is 21.5. The maximum Gasteiger partial charge on any atom is 0.490 e. The number of aromatic nitrogens is 3. The van der Waals surface area contributed by atoms with Gasteiger partial charge in [0.25, 0.3) is 5.91 Å². The van der Waals surface area contributed by atoms with E-state index in [9.17, 15) is 31.1 Å². The van der Waals surface area contributed by atoms with E-state index in [1.807, 2.05) is 34.8 Å². The van der Waals surface area contributed by atoms with E-state index in [0.29, 0.717) is 24.6 Å². The van der Waals surface area contributed by atoms with Crippen LogP contribution in [0.25, 0.3) is 0 Å². The molecule has 1 saturated carbocycles. The molecule has 222 valence electrons. The maximum atomic E-state index is 13.2. The minimum absolute atomic E-state index is 0.0204. The van der Waals surface area contributed by atoms with E-state index in [0.717, 1.165) is 31.0 Å². The average molecular weight is 582 g/mol. The number of halogens is 6. The summed E-state index contributed by atoms with van der Waals surface area (Å²) in [5, 5.41) is 18.8. The Bertz CT molecular complexity index is 1120. The summed E-state index contributed by atoms with van der Waals surface area (Å²) < 4.78 is 71.5. The van der Waals surface area contributed by atoms with Gasteiger partial charge < -0.3 is 19.8 Å². The lowest BCUT2D eigenvalue weighted by atomic mass is 9.99. The monoisotopic (exact) mass is 582 g/mol. The highest BCUT2D eigenvalue weighted by Crippen LogP contribution is 2.33. The highest BCUT2D eigenvalue weighted by atomic mass is 19.4. The molecule has 1 fully saturated rings. The predicted molar refractivity (Wildman–Crippen MR) is 125 cm³/mol. The maximum absolute atomic E-state index is 13.2. The number of aryl methyl sites for hydroxylation is 2. The fourth-order valence-corrected chi connectivity index (χ4v) is 3.61. The van der Waals surface area contributed by atoms with Crippen LogP contribution >= 0.6 is 0 Å². The molecule has 4 rings (SSSR count). The molecular weight excluding hydrogens is 554 g/mol. The molecule has 2 aromatic rings. The zero-order chi connectivity index (χ0) is 30.3. The molecule has 3 heterocycles. The van der Waals surface area contributed by atoms with Crippen LogP contribution in [0.1, 0.15) is 53.1 Å². The number of ether oxygens (including phenoxy) is 1. The Morgan fingerprint density at radius 1 is 1.00 bits per heavy atom. The van der Waals surface area contributed by atoms with Crippen molar-refractivity contribution in [1.82, 2.24) is 19.7 Å². The fraction of sp³-hybridized carbons (Fsp3) is 0.542. The number of carboxylic acid groups (broad SMARTS) is 2. The van der Waals surface area contributed by atoms with Crippen LogP contribution < -0.4 is 0 Å². The summed E-state index contributed by atoms with van der Waals surface area (Å²) >= 11 is 0. The van der Waals surface area contributed by atoms with Gasteiger partial charge in [-0.2, -0.15) is 31.4 Å². The van der Waals surface area contributed by atoms with Crippen molar-refractivity contribution in [2.45, 2.75) is 58.0 Å². The fourth-order valence-electron chi connectivity index (χ4n) is 3.61. The molecule has 1 unspecified atom stereocenters. The van der Waals surface area contributed by atoms with Crippen LogP contribution in [0.2, 0.25) is 0 Å². The molecule has 0 saturated heterocycles. The van der Waals surface area contributed by atoms with Crippen LogP contribution in [0.5, 0.6) is 0 Å². The first-order chi connectivity index (χ1) is 18.6. The Hall–Kier alpha value is -3.69. The van der Waals surface area contributed by atoms with Crippen LogP contribution in [-0.4, -0.2) is 79.8 Å². The molecule has 10 nitrogen and oxygen atoms in total. The van der Waals surface area contributed by atoms with Crippen LogP contribution in [0, 0.1) is 12.8 Å². The summed E-state index contributed by atoms with van der Waals surface area (Å²) in [6.07, 6.45) is -3.19. The number of hydrogen-bond donors (Lipinski definition) is 2. The molecular formula is C24H28F6N4O6. The first kappa shape index (κ1) is 32.5. The van der Waals surface area contributed by atoms with Crippen LogP contribution in [0.3, 0.4) is 0 Å². The standard InChI is InChI=1S/C20H26N4O2.2C2HF3O2/c1-3-24-19-16(11-22-24)8-9-23(18(19)13-26-12-15-5-6-15)20(25)17-7-4-14(2)21-10-17;2*3-2(4,5)1(6)7/h4,7,10-11,15,18H,3,5-6,8-9,12-13H2,1-2H3;2*(H,6,7). The van der Waals surface area contributed by atoms with E-state index >= 15 is 0 Å². The van der Waals surface area contributed by atoms with Gasteiger partial charge in [0.15, 0.2) is 0 Å². The summed E-state index contributed by atoms with van der Waals surface area (Å²) in [6.45, 7) is 6.81. The topological polar surface area (TPSA) is 135 Å². The summed E-state index contributed by atoms with van der Waals surface area (Å²) in [7, 11) is 0. The molecule has 16 heteroatoms. The van der Waals surface area contributed by atoms with Gasteiger partial charge in [-0.3, -0.25) is 14.5 Å². The number of nitrogens with zero attached hydrogens (tertiary/aromatic N) is 4. The Balaban J connectivity index is 0.000000333. The third-order valence-corrected chi connectivity index (χ3v) is 5.80. The molecule has 1 amide bonds. The largest absolute Gasteiger partial charge is 0.490 e. The lowest BCUT2D eigenvalue weighted by Crippen LogP contribution is -2.43. The van der Waals surface area contributed by atoms with Crippen LogP contribution in [0.15, 0.2) is 24.5 Å². The van der Waals surface area contributed by atoms with Gasteiger partial charge in [-0.05, 0) is 56.7 Å². The number of pyridine rings is 1. The molecule has 0 bridgehead atoms. The van der Waals surface area contributed by atoms with Crippen molar-refractivity contribution in [3.8, 4) is 0 Å². The Morgan fingerprint density at radius 2 is 1.57 bits per heavy atom. The number of rotatable bonds is 6. The first-order valence-corrected chi connectivity index (χ1v) is 12.0.